The number of carboxylic acid groups (broad SMARTS) is 2. The lowest BCUT2D eigenvalue weighted by atomic mass is 9.91. The van der Waals surface area contributed by atoms with E-state index in [9.17, 15) is 19.8 Å². The number of aliphatic carboxylic acids is 2. The number of carbonyl (C=O) groups is 2. The number of nitrogens with zero attached hydrogens (tertiary/aromatic N) is 2. The molecule has 4 aromatic rings. The molecule has 56 heavy (non-hydrogen) atoms. The number of hydrogen-bond acceptors (Lipinski definition) is 11. The number of nitrogens with one attached hydrogen (secondary N) is 1. The van der Waals surface area contributed by atoms with E-state index in [4.69, 9.17) is 29.2 Å². The normalized spacial score (nSPS) is 16.8. The van der Waals surface area contributed by atoms with Crippen LogP contribution in [0.5, 0.6) is 23.5 Å². The van der Waals surface area contributed by atoms with E-state index in [1.165, 1.54) is 29.4 Å². The maximum absolute atomic E-state index is 10.9. The smallest absolute Gasteiger partial charge is 0.306 e. The summed E-state index contributed by atoms with van der Waals surface area (Å²) in [5, 5.41) is 40.7. The summed E-state index contributed by atoms with van der Waals surface area (Å²) in [4.78, 5) is 31.1. The second kappa shape index (κ2) is 18.8. The Morgan fingerprint density at radius 2 is 1.27 bits per heavy atom. The van der Waals surface area contributed by atoms with Crippen molar-refractivity contribution in [2.75, 3.05) is 20.8 Å². The van der Waals surface area contributed by atoms with Crippen molar-refractivity contribution in [3.05, 3.63) is 90.9 Å². The molecule has 6 rings (SSSR count). The Bertz CT molecular complexity index is 1920. The van der Waals surface area contributed by atoms with Gasteiger partial charge in [0.05, 0.1) is 48.2 Å². The summed E-state index contributed by atoms with van der Waals surface area (Å²) < 4.78 is 25.6. The highest BCUT2D eigenvalue weighted by Crippen LogP contribution is 2.46. The van der Waals surface area contributed by atoms with Crippen molar-refractivity contribution in [1.82, 2.24) is 15.3 Å². The molecule has 0 saturated heterocycles. The molecule has 0 unspecified atom stereocenters. The van der Waals surface area contributed by atoms with Crippen LogP contribution < -0.4 is 24.3 Å². The van der Waals surface area contributed by atoms with Crippen molar-refractivity contribution < 1.29 is 49.0 Å². The Balaban J connectivity index is 1.16. The molecule has 0 bridgehead atoms. The Labute approximate surface area is 341 Å². The molecule has 4 atom stereocenters. The van der Waals surface area contributed by atoms with Gasteiger partial charge in [0.2, 0.25) is 23.5 Å². The van der Waals surface area contributed by atoms with Gasteiger partial charge in [0.1, 0.15) is 12.2 Å². The van der Waals surface area contributed by atoms with Crippen LogP contribution in [0.15, 0.2) is 57.5 Å². The summed E-state index contributed by atoms with van der Waals surface area (Å²) in [5.41, 5.74) is 8.59. The van der Waals surface area contributed by atoms with E-state index in [0.717, 1.165) is 47.9 Å². The molecule has 2 aromatic carbocycles. The van der Waals surface area contributed by atoms with Crippen molar-refractivity contribution >= 4 is 43.8 Å². The second-order valence-corrected chi connectivity index (χ2v) is 15.7. The number of fused-ring (bicyclic) bond motifs is 2. The lowest BCUT2D eigenvalue weighted by molar-refractivity contribution is -0.140. The molecule has 0 saturated carbocycles. The molecule has 2 aliphatic rings. The third kappa shape index (κ3) is 9.80. The van der Waals surface area contributed by atoms with Gasteiger partial charge in [-0.3, -0.25) is 9.59 Å². The number of ether oxygens (including phenoxy) is 4. The zero-order valence-electron chi connectivity index (χ0n) is 31.1. The summed E-state index contributed by atoms with van der Waals surface area (Å²) in [6.07, 6.45) is 1.74. The quantitative estimate of drug-likeness (QED) is 0.0654. The third-order valence-electron chi connectivity index (χ3n) is 10.1. The first kappa shape index (κ1) is 41.4. The van der Waals surface area contributed by atoms with Gasteiger partial charge in [-0.05, 0) is 122 Å². The minimum Gasteiger partial charge on any atom is -0.481 e. The monoisotopic (exact) mass is 897 g/mol. The average Bonchev–Trinajstić information content (AvgIpc) is 3.77. The van der Waals surface area contributed by atoms with E-state index in [1.807, 2.05) is 12.1 Å². The SMILES string of the molecule is COc1nc(O[C@H]2CCc3c(-c4cccc5c4CC[C@@H]5Oc4nc(OC)c(CNC[C@@H](O)CC(=O)O)cc4Br)cccc32)c(Br)cc1CCC[C@@H](O)CC(=O)O. The van der Waals surface area contributed by atoms with Crippen molar-refractivity contribution in [1.29, 1.82) is 0 Å². The molecule has 0 spiro atoms. The van der Waals surface area contributed by atoms with E-state index in [1.54, 1.807) is 7.11 Å². The number of aromatic nitrogens is 2. The number of carboxylic acids is 2. The first-order chi connectivity index (χ1) is 26.9. The van der Waals surface area contributed by atoms with Crippen molar-refractivity contribution in [2.24, 2.45) is 0 Å². The van der Waals surface area contributed by atoms with E-state index in [2.05, 4.69) is 83.5 Å². The van der Waals surface area contributed by atoms with E-state index >= 15 is 0 Å². The van der Waals surface area contributed by atoms with Gasteiger partial charge in [-0.1, -0.05) is 36.4 Å². The molecule has 0 radical (unpaired) electrons. The maximum Gasteiger partial charge on any atom is 0.306 e. The molecule has 0 amide bonds. The Morgan fingerprint density at radius 1 is 0.768 bits per heavy atom. The highest BCUT2D eigenvalue weighted by Gasteiger charge is 2.32. The van der Waals surface area contributed by atoms with Gasteiger partial charge in [0, 0.05) is 24.2 Å². The molecular weight excluding hydrogens is 854 g/mol. The number of methoxy groups -OCH3 is 2. The highest BCUT2D eigenvalue weighted by molar-refractivity contribution is 9.10. The second-order valence-electron chi connectivity index (χ2n) is 14.0. The van der Waals surface area contributed by atoms with Gasteiger partial charge < -0.3 is 44.7 Å². The van der Waals surface area contributed by atoms with Crippen LogP contribution in [0.4, 0.5) is 0 Å². The topological polar surface area (TPSA) is 190 Å². The molecule has 2 aliphatic carbocycles. The minimum atomic E-state index is -1.06. The molecule has 2 aromatic heterocycles. The average molecular weight is 900 g/mol. The van der Waals surface area contributed by atoms with Crippen LogP contribution in [0.3, 0.4) is 0 Å². The van der Waals surface area contributed by atoms with Gasteiger partial charge in [0.15, 0.2) is 0 Å². The summed E-state index contributed by atoms with van der Waals surface area (Å²) in [7, 11) is 3.08. The lowest BCUT2D eigenvalue weighted by Gasteiger charge is -2.19. The predicted octanol–water partition coefficient (Wildman–Crippen LogP) is 6.90. The van der Waals surface area contributed by atoms with Crippen LogP contribution in [-0.2, 0) is 35.4 Å². The fourth-order valence-corrected chi connectivity index (χ4v) is 8.46. The zero-order chi connectivity index (χ0) is 39.9. The van der Waals surface area contributed by atoms with Crippen LogP contribution in [0.2, 0.25) is 0 Å². The predicted molar refractivity (Wildman–Crippen MR) is 213 cm³/mol. The van der Waals surface area contributed by atoms with Crippen molar-refractivity contribution in [3.63, 3.8) is 0 Å². The summed E-state index contributed by atoms with van der Waals surface area (Å²) in [6, 6.07) is 16.5. The Kier molecular flexibility index (Phi) is 13.9. The minimum absolute atomic E-state index is 0.108. The van der Waals surface area contributed by atoms with Crippen LogP contribution in [-0.4, -0.2) is 75.3 Å². The Hall–Kier alpha value is -4.28. The van der Waals surface area contributed by atoms with Gasteiger partial charge in [0.25, 0.3) is 0 Å². The van der Waals surface area contributed by atoms with Crippen LogP contribution in [0.1, 0.15) is 84.1 Å². The summed E-state index contributed by atoms with van der Waals surface area (Å²) in [5.74, 6) is -0.460. The lowest BCUT2D eigenvalue weighted by Crippen LogP contribution is -2.28. The molecule has 298 valence electrons. The standard InChI is InChI=1S/C41H45Br2N3O10/c1-53-38-22(6-3-7-24(47)18-36(49)50)16-32(42)40(45-38)55-34-14-12-28-26(8-4-10-30(28)34)27-9-5-11-31-29(27)13-15-35(31)56-41-33(43)17-23(39(46-41)54-2)20-44-21-25(48)19-37(51)52/h4-5,8-11,16-17,24-25,34-35,44,47-48H,3,6-7,12-15,18-21H2,1-2H3,(H,49,50)(H,51,52)/t24-,25+,34+,35+/m1/s1. The fraction of sp³-hybridized carbons (Fsp3) is 0.415. The molecule has 0 fully saturated rings. The summed E-state index contributed by atoms with van der Waals surface area (Å²) in [6.45, 7) is 0.422. The first-order valence-corrected chi connectivity index (χ1v) is 20.1. The number of aliphatic hydroxyl groups is 2. The number of pyridine rings is 2. The number of aliphatic hydroxyl groups excluding tert-OH is 2. The van der Waals surface area contributed by atoms with Gasteiger partial charge in [-0.2, -0.15) is 9.97 Å². The van der Waals surface area contributed by atoms with E-state index in [-0.39, 0.29) is 31.6 Å². The largest absolute Gasteiger partial charge is 0.481 e. The molecule has 13 nitrogen and oxygen atoms in total. The Morgan fingerprint density at radius 3 is 1.79 bits per heavy atom. The van der Waals surface area contributed by atoms with Gasteiger partial charge in [-0.25, -0.2) is 0 Å². The van der Waals surface area contributed by atoms with E-state index in [0.29, 0.717) is 58.3 Å². The molecule has 2 heterocycles. The van der Waals surface area contributed by atoms with Crippen LogP contribution in [0.25, 0.3) is 11.1 Å². The molecule has 0 aliphatic heterocycles. The van der Waals surface area contributed by atoms with Gasteiger partial charge in [-0.15, -0.1) is 0 Å². The maximum atomic E-state index is 10.9. The van der Waals surface area contributed by atoms with Crippen LogP contribution in [0, 0.1) is 0 Å². The number of hydrogen-bond donors (Lipinski definition) is 5. The highest BCUT2D eigenvalue weighted by atomic mass is 79.9. The van der Waals surface area contributed by atoms with Crippen LogP contribution >= 0.6 is 31.9 Å². The number of halogens is 2. The number of aryl methyl sites for hydroxylation is 1. The van der Waals surface area contributed by atoms with Crippen molar-refractivity contribution in [2.45, 2.75) is 88.7 Å². The first-order valence-electron chi connectivity index (χ1n) is 18.5. The fourth-order valence-electron chi connectivity index (χ4n) is 7.54. The van der Waals surface area contributed by atoms with Gasteiger partial charge >= 0.3 is 11.9 Å². The molecular formula is C41H45Br2N3O10. The third-order valence-corrected chi connectivity index (χ3v) is 11.2. The molecule has 5 N–H and O–H groups in total. The van der Waals surface area contributed by atoms with Crippen molar-refractivity contribution in [3.8, 4) is 34.6 Å². The molecule has 15 heteroatoms. The number of rotatable bonds is 19. The number of benzene rings is 2. The zero-order valence-corrected chi connectivity index (χ0v) is 34.3. The summed E-state index contributed by atoms with van der Waals surface area (Å²) >= 11 is 7.25. The van der Waals surface area contributed by atoms with E-state index < -0.39 is 24.1 Å².